The topological polar surface area (TPSA) is 65.0 Å². The lowest BCUT2D eigenvalue weighted by Gasteiger charge is -2.23. The number of carboxylic acids is 1. The van der Waals surface area contributed by atoms with Gasteiger partial charge in [0.25, 0.3) is 0 Å². The van der Waals surface area contributed by atoms with Crippen LogP contribution in [0.2, 0.25) is 0 Å². The Morgan fingerprint density at radius 2 is 2.17 bits per heavy atom. The largest absolute Gasteiger partial charge is 0.486 e. The van der Waals surface area contributed by atoms with E-state index in [9.17, 15) is 4.79 Å². The molecule has 0 amide bonds. The summed E-state index contributed by atoms with van der Waals surface area (Å²) in [5.74, 6) is -1.58. The molecule has 18 heavy (non-hydrogen) atoms. The molecule has 0 bridgehead atoms. The number of aliphatic carboxylic acids is 1. The Hall–Kier alpha value is -2.01. The third-order valence-corrected chi connectivity index (χ3v) is 2.67. The van der Waals surface area contributed by atoms with Crippen LogP contribution in [0.15, 0.2) is 42.2 Å². The fourth-order valence-electron chi connectivity index (χ4n) is 1.65. The van der Waals surface area contributed by atoms with Gasteiger partial charge in [-0.15, -0.1) is 0 Å². The normalized spacial score (nSPS) is 22.2. The van der Waals surface area contributed by atoms with E-state index >= 15 is 0 Å². The Balaban J connectivity index is 1.92. The van der Waals surface area contributed by atoms with E-state index < -0.39 is 11.8 Å². The highest BCUT2D eigenvalue weighted by Gasteiger charge is 2.45. The summed E-state index contributed by atoms with van der Waals surface area (Å²) < 4.78 is 15.7. The van der Waals surface area contributed by atoms with Gasteiger partial charge in [0, 0.05) is 13.5 Å². The van der Waals surface area contributed by atoms with Crippen LogP contribution in [0.4, 0.5) is 0 Å². The minimum Gasteiger partial charge on any atom is -0.486 e. The van der Waals surface area contributed by atoms with Crippen LogP contribution in [0.3, 0.4) is 0 Å². The Morgan fingerprint density at radius 1 is 1.44 bits per heavy atom. The maximum atomic E-state index is 11.1. The predicted octanol–water partition coefficient (Wildman–Crippen LogP) is 1.80. The van der Waals surface area contributed by atoms with Gasteiger partial charge in [-0.05, 0) is 18.2 Å². The van der Waals surface area contributed by atoms with Crippen LogP contribution in [0, 0.1) is 0 Å². The Bertz CT molecular complexity index is 454. The molecule has 0 spiro atoms. The van der Waals surface area contributed by atoms with Crippen molar-refractivity contribution in [1.82, 2.24) is 0 Å². The third kappa shape index (κ3) is 2.46. The smallest absolute Gasteiger partial charge is 0.377 e. The second kappa shape index (κ2) is 5.10. The first kappa shape index (κ1) is 12.4. The highest BCUT2D eigenvalue weighted by Crippen LogP contribution is 2.29. The van der Waals surface area contributed by atoms with E-state index in [2.05, 4.69) is 0 Å². The Kier molecular flexibility index (Phi) is 3.53. The maximum Gasteiger partial charge on any atom is 0.377 e. The molecule has 0 aromatic heterocycles. The van der Waals surface area contributed by atoms with Gasteiger partial charge in [0.15, 0.2) is 0 Å². The summed E-state index contributed by atoms with van der Waals surface area (Å²) in [6, 6.07) is 9.23. The minimum absolute atomic E-state index is 0.173. The number of para-hydroxylation sites is 1. The molecule has 1 aliphatic rings. The van der Waals surface area contributed by atoms with Gasteiger partial charge in [-0.1, -0.05) is 18.2 Å². The van der Waals surface area contributed by atoms with Crippen LogP contribution in [0.1, 0.15) is 6.42 Å². The van der Waals surface area contributed by atoms with Gasteiger partial charge in [0.1, 0.15) is 18.1 Å². The zero-order valence-electron chi connectivity index (χ0n) is 9.96. The molecule has 96 valence electrons. The molecule has 1 heterocycles. The molecule has 1 aliphatic heterocycles. The van der Waals surface area contributed by atoms with Crippen molar-refractivity contribution in [2.45, 2.75) is 12.2 Å². The molecule has 1 N–H and O–H groups in total. The molecule has 1 aromatic carbocycles. The summed E-state index contributed by atoms with van der Waals surface area (Å²) in [7, 11) is 1.31. The highest BCUT2D eigenvalue weighted by atomic mass is 16.7. The number of carbonyl (C=O) groups is 1. The molecule has 0 unspecified atom stereocenters. The Labute approximate surface area is 105 Å². The van der Waals surface area contributed by atoms with Crippen LogP contribution in [0.25, 0.3) is 0 Å². The molecular weight excluding hydrogens is 236 g/mol. The number of rotatable bonds is 5. The van der Waals surface area contributed by atoms with Crippen molar-refractivity contribution >= 4 is 5.97 Å². The molecule has 0 fully saturated rings. The standard InChI is InChI=1S/C13H14O5/c1-16-13(12(14)15)8-7-11(18-13)9-17-10-5-3-2-4-6-10/h2-7H,8-9H2,1H3,(H,14,15)/t13-/m0/s1. The fourth-order valence-corrected chi connectivity index (χ4v) is 1.65. The molecule has 0 aliphatic carbocycles. The van der Waals surface area contributed by atoms with E-state index in [1.807, 2.05) is 30.3 Å². The van der Waals surface area contributed by atoms with Crippen molar-refractivity contribution in [3.05, 3.63) is 42.2 Å². The lowest BCUT2D eigenvalue weighted by atomic mass is 10.2. The number of methoxy groups -OCH3 is 1. The number of ether oxygens (including phenoxy) is 3. The van der Waals surface area contributed by atoms with E-state index in [4.69, 9.17) is 19.3 Å². The molecule has 1 atom stereocenters. The first-order valence-electron chi connectivity index (χ1n) is 5.51. The molecule has 0 saturated heterocycles. The molecule has 1 aromatic rings. The lowest BCUT2D eigenvalue weighted by molar-refractivity contribution is -0.213. The van der Waals surface area contributed by atoms with Crippen molar-refractivity contribution < 1.29 is 24.1 Å². The van der Waals surface area contributed by atoms with Crippen LogP contribution in [-0.2, 0) is 14.3 Å². The average molecular weight is 250 g/mol. The van der Waals surface area contributed by atoms with Gasteiger partial charge in [-0.25, -0.2) is 4.79 Å². The summed E-state index contributed by atoms with van der Waals surface area (Å²) in [6.45, 7) is 0.183. The molecule has 0 saturated carbocycles. The summed E-state index contributed by atoms with van der Waals surface area (Å²) in [4.78, 5) is 11.1. The zero-order chi connectivity index (χ0) is 13.0. The molecule has 5 nitrogen and oxygen atoms in total. The molecular formula is C13H14O5. The number of benzene rings is 1. The van der Waals surface area contributed by atoms with Gasteiger partial charge < -0.3 is 19.3 Å². The zero-order valence-corrected chi connectivity index (χ0v) is 9.96. The fraction of sp³-hybridized carbons (Fsp3) is 0.308. The second-order valence-corrected chi connectivity index (χ2v) is 3.84. The molecule has 2 rings (SSSR count). The quantitative estimate of drug-likeness (QED) is 0.863. The second-order valence-electron chi connectivity index (χ2n) is 3.84. The van der Waals surface area contributed by atoms with Gasteiger partial charge in [-0.3, -0.25) is 0 Å². The van der Waals surface area contributed by atoms with Crippen LogP contribution in [-0.4, -0.2) is 30.6 Å². The van der Waals surface area contributed by atoms with Gasteiger partial charge >= 0.3 is 11.8 Å². The number of hydrogen-bond donors (Lipinski definition) is 1. The van der Waals surface area contributed by atoms with Crippen LogP contribution >= 0.6 is 0 Å². The van der Waals surface area contributed by atoms with Gasteiger partial charge in [-0.2, -0.15) is 0 Å². The highest BCUT2D eigenvalue weighted by molar-refractivity contribution is 5.76. The average Bonchev–Trinajstić information content (AvgIpc) is 2.83. The van der Waals surface area contributed by atoms with E-state index in [0.29, 0.717) is 11.5 Å². The maximum absolute atomic E-state index is 11.1. The van der Waals surface area contributed by atoms with E-state index in [1.165, 1.54) is 7.11 Å². The monoisotopic (exact) mass is 250 g/mol. The van der Waals surface area contributed by atoms with Crippen molar-refractivity contribution in [2.24, 2.45) is 0 Å². The van der Waals surface area contributed by atoms with Gasteiger partial charge in [0.05, 0.1) is 0 Å². The van der Waals surface area contributed by atoms with Crippen molar-refractivity contribution in [3.63, 3.8) is 0 Å². The first-order valence-corrected chi connectivity index (χ1v) is 5.51. The summed E-state index contributed by atoms with van der Waals surface area (Å²) >= 11 is 0. The van der Waals surface area contributed by atoms with Crippen molar-refractivity contribution in [3.8, 4) is 5.75 Å². The summed E-state index contributed by atoms with van der Waals surface area (Å²) in [6.07, 6.45) is 1.84. The molecule has 0 radical (unpaired) electrons. The van der Waals surface area contributed by atoms with Crippen LogP contribution < -0.4 is 4.74 Å². The Morgan fingerprint density at radius 3 is 2.72 bits per heavy atom. The van der Waals surface area contributed by atoms with E-state index in [1.54, 1.807) is 6.08 Å². The van der Waals surface area contributed by atoms with Crippen molar-refractivity contribution in [1.29, 1.82) is 0 Å². The van der Waals surface area contributed by atoms with Crippen LogP contribution in [0.5, 0.6) is 5.75 Å². The predicted molar refractivity (Wildman–Crippen MR) is 63.1 cm³/mol. The first-order chi connectivity index (χ1) is 8.66. The summed E-state index contributed by atoms with van der Waals surface area (Å²) in [5, 5.41) is 9.04. The van der Waals surface area contributed by atoms with Gasteiger partial charge in [0.2, 0.25) is 0 Å². The third-order valence-electron chi connectivity index (χ3n) is 2.67. The lowest BCUT2D eigenvalue weighted by Crippen LogP contribution is -2.40. The van der Waals surface area contributed by atoms with E-state index in [0.717, 1.165) is 0 Å². The SMILES string of the molecule is CO[C@@]1(C(=O)O)CC=C(COc2ccccc2)O1. The molecule has 5 heteroatoms. The van der Waals surface area contributed by atoms with E-state index in [-0.39, 0.29) is 13.0 Å². The van der Waals surface area contributed by atoms with Crippen molar-refractivity contribution in [2.75, 3.05) is 13.7 Å². The number of carboxylic acid groups (broad SMARTS) is 1. The summed E-state index contributed by atoms with van der Waals surface area (Å²) in [5.41, 5.74) is 0. The number of hydrogen-bond acceptors (Lipinski definition) is 4. The minimum atomic E-state index is -1.60.